The van der Waals surface area contributed by atoms with Gasteiger partial charge in [0.1, 0.15) is 5.56 Å². The lowest BCUT2D eigenvalue weighted by Crippen LogP contribution is -2.21. The van der Waals surface area contributed by atoms with Gasteiger partial charge in [-0.1, -0.05) is 30.3 Å². The zero-order valence-corrected chi connectivity index (χ0v) is 19.5. The molecule has 1 amide bonds. The molecule has 3 aromatic carbocycles. The number of carbonyl (C=O) groups excluding carboxylic acids is 1. The van der Waals surface area contributed by atoms with Gasteiger partial charge >= 0.3 is 5.63 Å². The van der Waals surface area contributed by atoms with E-state index in [0.717, 1.165) is 11.1 Å². The van der Waals surface area contributed by atoms with Crippen LogP contribution in [0.1, 0.15) is 21.5 Å². The maximum atomic E-state index is 12.8. The molecule has 2 N–H and O–H groups in total. The highest BCUT2D eigenvalue weighted by Gasteiger charge is 2.18. The Labute approximate surface area is 196 Å². The number of anilines is 2. The van der Waals surface area contributed by atoms with Gasteiger partial charge in [-0.3, -0.25) is 9.52 Å². The summed E-state index contributed by atoms with van der Waals surface area (Å²) in [5.74, 6) is -0.296. The molecule has 1 aromatic heterocycles. The number of para-hydroxylation sites is 2. The smallest absolute Gasteiger partial charge is 0.349 e. The quantitative estimate of drug-likeness (QED) is 0.395. The van der Waals surface area contributed by atoms with Crippen LogP contribution in [-0.2, 0) is 10.0 Å². The average Bonchev–Trinajstić information content (AvgIpc) is 2.81. The van der Waals surface area contributed by atoms with E-state index in [4.69, 9.17) is 9.15 Å². The van der Waals surface area contributed by atoms with Crippen molar-refractivity contribution in [2.75, 3.05) is 17.1 Å². The van der Waals surface area contributed by atoms with Crippen LogP contribution in [0.2, 0.25) is 0 Å². The zero-order valence-electron chi connectivity index (χ0n) is 18.7. The number of nitrogens with one attached hydrogen (secondary N) is 2. The molecule has 0 unspecified atom stereocenters. The molecule has 0 aliphatic rings. The molecule has 0 radical (unpaired) electrons. The van der Waals surface area contributed by atoms with E-state index in [1.54, 1.807) is 18.2 Å². The second kappa shape index (κ2) is 9.03. The van der Waals surface area contributed by atoms with Crippen molar-refractivity contribution in [2.45, 2.75) is 18.7 Å². The van der Waals surface area contributed by atoms with E-state index in [2.05, 4.69) is 10.0 Å². The summed E-state index contributed by atoms with van der Waals surface area (Å²) < 4.78 is 38.7. The van der Waals surface area contributed by atoms with E-state index in [1.165, 1.54) is 37.4 Å². The lowest BCUT2D eigenvalue weighted by atomic mass is 10.1. The second-order valence-electron chi connectivity index (χ2n) is 7.68. The summed E-state index contributed by atoms with van der Waals surface area (Å²) in [6.45, 7) is 3.64. The van der Waals surface area contributed by atoms with Crippen molar-refractivity contribution in [2.24, 2.45) is 0 Å². The maximum absolute atomic E-state index is 12.8. The highest BCUT2D eigenvalue weighted by atomic mass is 32.2. The number of benzene rings is 3. The van der Waals surface area contributed by atoms with Crippen LogP contribution in [0.15, 0.2) is 80.8 Å². The molecule has 0 bridgehead atoms. The molecule has 0 aliphatic heterocycles. The summed E-state index contributed by atoms with van der Waals surface area (Å²) in [6.07, 6.45) is 0. The van der Waals surface area contributed by atoms with Crippen LogP contribution < -0.4 is 20.4 Å². The highest BCUT2D eigenvalue weighted by molar-refractivity contribution is 7.92. The van der Waals surface area contributed by atoms with Crippen LogP contribution in [0.25, 0.3) is 11.0 Å². The average molecular weight is 479 g/mol. The molecule has 0 aliphatic carbocycles. The normalized spacial score (nSPS) is 11.3. The van der Waals surface area contributed by atoms with Crippen molar-refractivity contribution in [3.63, 3.8) is 0 Å². The largest absolute Gasteiger partial charge is 0.493 e. The van der Waals surface area contributed by atoms with Crippen LogP contribution in [0.5, 0.6) is 5.75 Å². The molecule has 0 saturated heterocycles. The number of rotatable bonds is 6. The van der Waals surface area contributed by atoms with Gasteiger partial charge in [-0.05, 0) is 61.4 Å². The number of hydrogen-bond acceptors (Lipinski definition) is 6. The van der Waals surface area contributed by atoms with Crippen molar-refractivity contribution < 1.29 is 22.4 Å². The third-order valence-electron chi connectivity index (χ3n) is 5.33. The topological polar surface area (TPSA) is 115 Å². The van der Waals surface area contributed by atoms with Crippen LogP contribution in [0, 0.1) is 13.8 Å². The molecule has 34 heavy (non-hydrogen) atoms. The molecule has 8 nitrogen and oxygen atoms in total. The molecule has 174 valence electrons. The minimum atomic E-state index is -3.83. The maximum Gasteiger partial charge on any atom is 0.349 e. The molecule has 0 saturated carbocycles. The number of hydrogen-bond donors (Lipinski definition) is 2. The Morgan fingerprint density at radius 2 is 1.59 bits per heavy atom. The Balaban J connectivity index is 1.55. The first-order valence-electron chi connectivity index (χ1n) is 10.3. The molecule has 4 aromatic rings. The Kier molecular flexibility index (Phi) is 6.12. The number of carbonyl (C=O) groups is 1. The van der Waals surface area contributed by atoms with E-state index >= 15 is 0 Å². The number of fused-ring (bicyclic) bond motifs is 1. The fourth-order valence-electron chi connectivity index (χ4n) is 3.52. The van der Waals surface area contributed by atoms with Gasteiger partial charge in [-0.2, -0.15) is 0 Å². The molecule has 4 rings (SSSR count). The third kappa shape index (κ3) is 4.51. The SMILES string of the molecule is COc1cccc2cc(C(=O)Nc3ccc(S(=O)(=O)Nc4c(C)cccc4C)cc3)c(=O)oc12. The third-order valence-corrected chi connectivity index (χ3v) is 6.69. The summed E-state index contributed by atoms with van der Waals surface area (Å²) in [6, 6.07) is 17.6. The highest BCUT2D eigenvalue weighted by Crippen LogP contribution is 2.26. The Hall–Kier alpha value is -4.11. The summed E-state index contributed by atoms with van der Waals surface area (Å²) in [4.78, 5) is 25.1. The minimum Gasteiger partial charge on any atom is -0.493 e. The Morgan fingerprint density at radius 1 is 0.941 bits per heavy atom. The van der Waals surface area contributed by atoms with Gasteiger partial charge in [0, 0.05) is 11.1 Å². The number of methoxy groups -OCH3 is 1. The van der Waals surface area contributed by atoms with Crippen LogP contribution in [0.4, 0.5) is 11.4 Å². The number of ether oxygens (including phenoxy) is 1. The first kappa shape index (κ1) is 23.1. The fourth-order valence-corrected chi connectivity index (χ4v) is 4.72. The summed E-state index contributed by atoms with van der Waals surface area (Å²) in [5.41, 5.74) is 1.71. The van der Waals surface area contributed by atoms with Crippen molar-refractivity contribution in [3.8, 4) is 5.75 Å². The lowest BCUT2D eigenvalue weighted by Gasteiger charge is -2.13. The van der Waals surface area contributed by atoms with E-state index < -0.39 is 21.6 Å². The van der Waals surface area contributed by atoms with E-state index in [1.807, 2.05) is 32.0 Å². The predicted octanol–water partition coefficient (Wildman–Crippen LogP) is 4.47. The summed E-state index contributed by atoms with van der Waals surface area (Å²) >= 11 is 0. The van der Waals surface area contributed by atoms with Crippen molar-refractivity contribution in [1.82, 2.24) is 0 Å². The first-order chi connectivity index (χ1) is 16.2. The van der Waals surface area contributed by atoms with Gasteiger partial charge in [-0.15, -0.1) is 0 Å². The van der Waals surface area contributed by atoms with Crippen LogP contribution >= 0.6 is 0 Å². The van der Waals surface area contributed by atoms with Gasteiger partial charge in [0.2, 0.25) is 0 Å². The minimum absolute atomic E-state index is 0.0328. The molecule has 0 spiro atoms. The molecule has 1 heterocycles. The van der Waals surface area contributed by atoms with Gasteiger partial charge in [0.05, 0.1) is 17.7 Å². The van der Waals surface area contributed by atoms with E-state index in [9.17, 15) is 18.0 Å². The zero-order chi connectivity index (χ0) is 24.5. The molecular weight excluding hydrogens is 456 g/mol. The van der Waals surface area contributed by atoms with E-state index in [0.29, 0.717) is 22.5 Å². The lowest BCUT2D eigenvalue weighted by molar-refractivity contribution is 0.102. The van der Waals surface area contributed by atoms with Crippen molar-refractivity contribution in [1.29, 1.82) is 0 Å². The second-order valence-corrected chi connectivity index (χ2v) is 9.36. The molecular formula is C25H22N2O6S. The van der Waals surface area contributed by atoms with Gasteiger partial charge < -0.3 is 14.5 Å². The van der Waals surface area contributed by atoms with E-state index in [-0.39, 0.29) is 16.0 Å². The summed E-state index contributed by atoms with van der Waals surface area (Å²) in [5, 5.41) is 3.12. The first-order valence-corrected chi connectivity index (χ1v) is 11.8. The van der Waals surface area contributed by atoms with Crippen molar-refractivity contribution >= 4 is 38.3 Å². The Morgan fingerprint density at radius 3 is 2.24 bits per heavy atom. The van der Waals surface area contributed by atoms with Crippen LogP contribution in [0.3, 0.4) is 0 Å². The van der Waals surface area contributed by atoms with Gasteiger partial charge in [0.25, 0.3) is 15.9 Å². The molecule has 0 atom stereocenters. The predicted molar refractivity (Wildman–Crippen MR) is 130 cm³/mol. The number of amides is 1. The number of aryl methyl sites for hydroxylation is 2. The molecule has 0 fully saturated rings. The van der Waals surface area contributed by atoms with Gasteiger partial charge in [0.15, 0.2) is 11.3 Å². The summed E-state index contributed by atoms with van der Waals surface area (Å²) in [7, 11) is -2.38. The monoisotopic (exact) mass is 478 g/mol. The van der Waals surface area contributed by atoms with Crippen molar-refractivity contribution in [3.05, 3.63) is 93.8 Å². The van der Waals surface area contributed by atoms with Gasteiger partial charge in [-0.25, -0.2) is 13.2 Å². The fraction of sp³-hybridized carbons (Fsp3) is 0.120. The standard InChI is InChI=1S/C25H22N2O6S/c1-15-6-4-7-16(2)22(15)27-34(30,31)19-12-10-18(11-13-19)26-24(28)20-14-17-8-5-9-21(32-3)23(17)33-25(20)29/h4-14,27H,1-3H3,(H,26,28). The Bertz CT molecular complexity index is 1540. The molecule has 9 heteroatoms. The number of sulfonamides is 1. The van der Waals surface area contributed by atoms with Crippen LogP contribution in [-0.4, -0.2) is 21.4 Å².